The summed E-state index contributed by atoms with van der Waals surface area (Å²) in [6.45, 7) is 0. The Morgan fingerprint density at radius 3 is 2.63 bits per heavy atom. The summed E-state index contributed by atoms with van der Waals surface area (Å²) >= 11 is 1.56. The molecule has 0 fully saturated rings. The minimum absolute atomic E-state index is 0.522. The number of nitrogens with zero attached hydrogens (tertiary/aromatic N) is 2. The third-order valence-electron chi connectivity index (χ3n) is 2.92. The molecule has 2 aromatic carbocycles. The minimum atomic E-state index is 0.522. The number of hydrogen-bond acceptors (Lipinski definition) is 5. The number of oxazole rings is 1. The van der Waals surface area contributed by atoms with Crippen LogP contribution in [0.1, 0.15) is 0 Å². The fourth-order valence-corrected chi connectivity index (χ4v) is 2.92. The largest absolute Gasteiger partial charge is 0.432 e. The van der Waals surface area contributed by atoms with Crippen molar-refractivity contribution in [3.63, 3.8) is 0 Å². The first-order valence-electron chi connectivity index (χ1n) is 5.82. The maximum Gasteiger partial charge on any atom is 0.257 e. The lowest BCUT2D eigenvalue weighted by molar-refractivity contribution is 0.620. The van der Waals surface area contributed by atoms with Crippen LogP contribution in [0, 0.1) is 0 Å². The molecular formula is C14H9N3OS. The summed E-state index contributed by atoms with van der Waals surface area (Å²) < 4.78 is 6.84. The molecule has 19 heavy (non-hydrogen) atoms. The second-order valence-electron chi connectivity index (χ2n) is 4.20. The molecule has 0 aliphatic rings. The Labute approximate surface area is 112 Å². The molecule has 0 saturated carbocycles. The van der Waals surface area contributed by atoms with Crippen molar-refractivity contribution in [2.75, 3.05) is 5.73 Å². The van der Waals surface area contributed by atoms with Crippen LogP contribution in [0.15, 0.2) is 46.9 Å². The number of fused-ring (bicyclic) bond motifs is 2. The highest BCUT2D eigenvalue weighted by Gasteiger charge is 2.14. The molecule has 2 N–H and O–H groups in total. The number of thiazole rings is 1. The Kier molecular flexibility index (Phi) is 2.10. The van der Waals surface area contributed by atoms with Gasteiger partial charge in [0.15, 0.2) is 10.6 Å². The van der Waals surface area contributed by atoms with Gasteiger partial charge in [-0.15, -0.1) is 11.3 Å². The van der Waals surface area contributed by atoms with Gasteiger partial charge in [-0.1, -0.05) is 18.2 Å². The van der Waals surface area contributed by atoms with E-state index in [1.807, 2.05) is 36.4 Å². The number of nitrogen functional groups attached to an aromatic ring is 1. The van der Waals surface area contributed by atoms with E-state index in [4.69, 9.17) is 10.2 Å². The number of aromatic nitrogens is 2. The first-order chi connectivity index (χ1) is 9.31. The van der Waals surface area contributed by atoms with Crippen molar-refractivity contribution in [1.29, 1.82) is 0 Å². The zero-order chi connectivity index (χ0) is 12.8. The summed E-state index contributed by atoms with van der Waals surface area (Å²) in [6, 6.07) is 13.5. The summed E-state index contributed by atoms with van der Waals surface area (Å²) in [6.07, 6.45) is 0. The van der Waals surface area contributed by atoms with Crippen molar-refractivity contribution >= 4 is 38.3 Å². The minimum Gasteiger partial charge on any atom is -0.432 e. The molecule has 92 valence electrons. The van der Waals surface area contributed by atoms with E-state index in [-0.39, 0.29) is 0 Å². The second kappa shape index (κ2) is 3.80. The van der Waals surface area contributed by atoms with Crippen LogP contribution in [0.3, 0.4) is 0 Å². The van der Waals surface area contributed by atoms with Gasteiger partial charge in [-0.05, 0) is 24.3 Å². The van der Waals surface area contributed by atoms with Gasteiger partial charge in [0.1, 0.15) is 5.52 Å². The van der Waals surface area contributed by atoms with Crippen molar-refractivity contribution in [3.8, 4) is 10.9 Å². The van der Waals surface area contributed by atoms with Gasteiger partial charge in [0.05, 0.1) is 15.9 Å². The molecule has 0 unspecified atom stereocenters. The molecule has 0 bridgehead atoms. The first-order valence-corrected chi connectivity index (χ1v) is 6.64. The van der Waals surface area contributed by atoms with Crippen LogP contribution in [0.25, 0.3) is 32.2 Å². The maximum absolute atomic E-state index is 5.87. The van der Waals surface area contributed by atoms with E-state index in [9.17, 15) is 0 Å². The highest BCUT2D eigenvalue weighted by Crippen LogP contribution is 2.32. The highest BCUT2D eigenvalue weighted by atomic mass is 32.1. The molecule has 4 rings (SSSR count). The quantitative estimate of drug-likeness (QED) is 0.534. The predicted molar refractivity (Wildman–Crippen MR) is 77.0 cm³/mol. The number of anilines is 1. The van der Waals surface area contributed by atoms with Crippen molar-refractivity contribution < 1.29 is 4.42 Å². The van der Waals surface area contributed by atoms with Crippen LogP contribution in [0.5, 0.6) is 0 Å². The Morgan fingerprint density at radius 1 is 0.947 bits per heavy atom. The van der Waals surface area contributed by atoms with E-state index in [1.165, 1.54) is 0 Å². The number of para-hydroxylation sites is 2. The fraction of sp³-hybridized carbons (Fsp3) is 0. The van der Waals surface area contributed by atoms with Crippen LogP contribution >= 0.6 is 11.3 Å². The Hall–Kier alpha value is -2.40. The molecule has 0 aliphatic carbocycles. The zero-order valence-corrected chi connectivity index (χ0v) is 10.6. The average molecular weight is 267 g/mol. The van der Waals surface area contributed by atoms with Crippen LogP contribution < -0.4 is 5.73 Å². The van der Waals surface area contributed by atoms with Crippen molar-refractivity contribution in [2.24, 2.45) is 0 Å². The van der Waals surface area contributed by atoms with Gasteiger partial charge in [0, 0.05) is 0 Å². The first kappa shape index (κ1) is 10.5. The van der Waals surface area contributed by atoms with Gasteiger partial charge in [0.2, 0.25) is 0 Å². The number of benzene rings is 2. The fourth-order valence-electron chi connectivity index (χ4n) is 2.03. The second-order valence-corrected chi connectivity index (χ2v) is 5.23. The average Bonchev–Trinajstić information content (AvgIpc) is 3.02. The normalized spacial score (nSPS) is 11.4. The molecule has 0 spiro atoms. The molecule has 0 radical (unpaired) electrons. The smallest absolute Gasteiger partial charge is 0.257 e. The van der Waals surface area contributed by atoms with Crippen LogP contribution in [0.4, 0.5) is 5.69 Å². The Balaban J connectivity index is 1.96. The molecule has 4 nitrogen and oxygen atoms in total. The number of nitrogens with two attached hydrogens (primary N) is 1. The summed E-state index contributed by atoms with van der Waals surface area (Å²) in [5.74, 6) is 0.522. The molecule has 0 aliphatic heterocycles. The highest BCUT2D eigenvalue weighted by molar-refractivity contribution is 7.21. The van der Waals surface area contributed by atoms with Gasteiger partial charge in [-0.3, -0.25) is 0 Å². The molecule has 4 aromatic rings. The van der Waals surface area contributed by atoms with Crippen LogP contribution in [-0.2, 0) is 0 Å². The van der Waals surface area contributed by atoms with Crippen LogP contribution in [-0.4, -0.2) is 9.97 Å². The third kappa shape index (κ3) is 1.59. The van der Waals surface area contributed by atoms with Crippen LogP contribution in [0.2, 0.25) is 0 Å². The molecule has 5 heteroatoms. The maximum atomic E-state index is 5.87. The van der Waals surface area contributed by atoms with E-state index in [2.05, 4.69) is 9.97 Å². The molecule has 0 atom stereocenters. The van der Waals surface area contributed by atoms with Crippen molar-refractivity contribution in [2.45, 2.75) is 0 Å². The van der Waals surface area contributed by atoms with E-state index in [0.717, 1.165) is 20.7 Å². The lowest BCUT2D eigenvalue weighted by Gasteiger charge is -1.90. The molecule has 0 saturated heterocycles. The van der Waals surface area contributed by atoms with Gasteiger partial charge in [0.25, 0.3) is 5.89 Å². The standard InChI is InChI=1S/C14H9N3OS/c15-8-4-3-6-10-12(8)18-13(16-10)14-17-9-5-1-2-7-11(9)19-14/h1-7H,15H2. The molecule has 2 aromatic heterocycles. The van der Waals surface area contributed by atoms with Gasteiger partial charge in [-0.25, -0.2) is 9.97 Å². The van der Waals surface area contributed by atoms with E-state index < -0.39 is 0 Å². The third-order valence-corrected chi connectivity index (χ3v) is 3.95. The van der Waals surface area contributed by atoms with Crippen molar-refractivity contribution in [1.82, 2.24) is 9.97 Å². The van der Waals surface area contributed by atoms with Gasteiger partial charge in [-0.2, -0.15) is 0 Å². The summed E-state index contributed by atoms with van der Waals surface area (Å²) in [5, 5.41) is 0.775. The molecule has 2 heterocycles. The molecule has 0 amide bonds. The predicted octanol–water partition coefficient (Wildman–Crippen LogP) is 3.69. The summed E-state index contributed by atoms with van der Waals surface area (Å²) in [7, 11) is 0. The Bertz CT molecular complexity index is 861. The van der Waals surface area contributed by atoms with Gasteiger partial charge < -0.3 is 10.2 Å². The topological polar surface area (TPSA) is 64.9 Å². The summed E-state index contributed by atoms with van der Waals surface area (Å²) in [4.78, 5) is 8.97. The lowest BCUT2D eigenvalue weighted by Crippen LogP contribution is -1.82. The number of rotatable bonds is 1. The van der Waals surface area contributed by atoms with E-state index >= 15 is 0 Å². The Morgan fingerprint density at radius 2 is 1.79 bits per heavy atom. The SMILES string of the molecule is Nc1cccc2nc(-c3nc4ccccc4s3)oc12. The summed E-state index contributed by atoms with van der Waals surface area (Å²) in [5.41, 5.74) is 8.80. The molecular weight excluding hydrogens is 258 g/mol. The zero-order valence-electron chi connectivity index (χ0n) is 9.83. The van der Waals surface area contributed by atoms with E-state index in [0.29, 0.717) is 17.2 Å². The number of hydrogen-bond donors (Lipinski definition) is 1. The van der Waals surface area contributed by atoms with E-state index in [1.54, 1.807) is 17.4 Å². The lowest BCUT2D eigenvalue weighted by atomic mass is 10.3. The van der Waals surface area contributed by atoms with Crippen molar-refractivity contribution in [3.05, 3.63) is 42.5 Å². The van der Waals surface area contributed by atoms with Gasteiger partial charge >= 0.3 is 0 Å². The monoisotopic (exact) mass is 267 g/mol.